The zero-order valence-corrected chi connectivity index (χ0v) is 16.0. The van der Waals surface area contributed by atoms with E-state index in [0.717, 1.165) is 4.57 Å². The first-order valence-corrected chi connectivity index (χ1v) is 10.2. The van der Waals surface area contributed by atoms with Gasteiger partial charge in [-0.25, -0.2) is 4.79 Å². The van der Waals surface area contributed by atoms with Crippen molar-refractivity contribution in [3.8, 4) is 0 Å². The number of aromatic amines is 1. The normalized spacial score (nSPS) is 27.0. The molecule has 1 saturated heterocycles. The molecule has 1 aromatic heterocycles. The summed E-state index contributed by atoms with van der Waals surface area (Å²) in [7, 11) is 3.34. The smallest absolute Gasteiger partial charge is 0.330 e. The molecule has 0 aliphatic carbocycles. The molecular formula is C15H24N2O6S2. The van der Waals surface area contributed by atoms with Crippen LogP contribution in [0.4, 0.5) is 0 Å². The van der Waals surface area contributed by atoms with Crippen LogP contribution in [0.1, 0.15) is 32.6 Å². The van der Waals surface area contributed by atoms with Gasteiger partial charge in [0.25, 0.3) is 5.56 Å². The molecule has 1 aliphatic rings. The fraction of sp³-hybridized carbons (Fsp3) is 0.733. The van der Waals surface area contributed by atoms with Crippen LogP contribution in [-0.2, 0) is 11.2 Å². The number of hydrogen-bond donors (Lipinski definition) is 4. The molecule has 1 aromatic rings. The molecule has 10 heteroatoms. The number of hydrogen-bond acceptors (Lipinski definition) is 8. The Kier molecular flexibility index (Phi) is 6.80. The number of rotatable bonds is 6. The first-order chi connectivity index (χ1) is 11.6. The Labute approximate surface area is 153 Å². The van der Waals surface area contributed by atoms with Gasteiger partial charge < -0.3 is 20.1 Å². The lowest BCUT2D eigenvalue weighted by atomic mass is 10.1. The Morgan fingerprint density at radius 2 is 1.96 bits per heavy atom. The van der Waals surface area contributed by atoms with Crippen LogP contribution in [-0.4, -0.2) is 60.3 Å². The first-order valence-electron chi connectivity index (χ1n) is 7.91. The van der Waals surface area contributed by atoms with Crippen LogP contribution in [0.15, 0.2) is 15.8 Å². The van der Waals surface area contributed by atoms with Crippen molar-refractivity contribution in [1.29, 1.82) is 0 Å². The van der Waals surface area contributed by atoms with Gasteiger partial charge >= 0.3 is 5.69 Å². The second kappa shape index (κ2) is 8.28. The van der Waals surface area contributed by atoms with E-state index in [2.05, 4.69) is 25.8 Å². The summed E-state index contributed by atoms with van der Waals surface area (Å²) in [5.74, 6) is 0.680. The summed E-state index contributed by atoms with van der Waals surface area (Å²) in [6.45, 7) is 5.80. The highest BCUT2D eigenvalue weighted by Crippen LogP contribution is 2.35. The van der Waals surface area contributed by atoms with E-state index in [1.54, 1.807) is 21.6 Å². The van der Waals surface area contributed by atoms with Crippen LogP contribution in [0.25, 0.3) is 0 Å². The average molecular weight is 392 g/mol. The van der Waals surface area contributed by atoms with Crippen molar-refractivity contribution < 1.29 is 20.1 Å². The second-order valence-corrected chi connectivity index (χ2v) is 10.1. The maximum atomic E-state index is 12.1. The second-order valence-electron chi connectivity index (χ2n) is 6.82. The largest absolute Gasteiger partial charge is 0.394 e. The minimum Gasteiger partial charge on any atom is -0.394 e. The van der Waals surface area contributed by atoms with Gasteiger partial charge in [-0.2, -0.15) is 0 Å². The lowest BCUT2D eigenvalue weighted by Crippen LogP contribution is -2.39. The van der Waals surface area contributed by atoms with Gasteiger partial charge in [0.15, 0.2) is 6.23 Å². The summed E-state index contributed by atoms with van der Waals surface area (Å²) in [6.07, 6.45) is -3.04. The van der Waals surface area contributed by atoms with Gasteiger partial charge in [-0.05, 0) is 6.42 Å². The molecule has 0 aromatic carbocycles. The summed E-state index contributed by atoms with van der Waals surface area (Å²) >= 11 is 0. The Morgan fingerprint density at radius 3 is 2.52 bits per heavy atom. The summed E-state index contributed by atoms with van der Waals surface area (Å²) in [5.41, 5.74) is -0.825. The van der Waals surface area contributed by atoms with Crippen molar-refractivity contribution in [2.45, 2.75) is 56.5 Å². The molecule has 2 heterocycles. The molecule has 25 heavy (non-hydrogen) atoms. The van der Waals surface area contributed by atoms with Gasteiger partial charge in [0.1, 0.15) is 18.3 Å². The zero-order chi connectivity index (χ0) is 18.8. The molecule has 0 unspecified atom stereocenters. The number of aliphatic hydroxyl groups is 3. The van der Waals surface area contributed by atoms with E-state index in [-0.39, 0.29) is 4.75 Å². The zero-order valence-electron chi connectivity index (χ0n) is 14.3. The fourth-order valence-corrected chi connectivity index (χ4v) is 4.67. The van der Waals surface area contributed by atoms with E-state index in [4.69, 9.17) is 9.84 Å². The van der Waals surface area contributed by atoms with Gasteiger partial charge in [0, 0.05) is 22.3 Å². The van der Waals surface area contributed by atoms with Crippen LogP contribution in [0.5, 0.6) is 0 Å². The van der Waals surface area contributed by atoms with Crippen molar-refractivity contribution in [1.82, 2.24) is 9.55 Å². The van der Waals surface area contributed by atoms with Crippen LogP contribution >= 0.6 is 21.6 Å². The summed E-state index contributed by atoms with van der Waals surface area (Å²) in [5, 5.41) is 29.0. The molecule has 0 bridgehead atoms. The predicted molar refractivity (Wildman–Crippen MR) is 97.8 cm³/mol. The highest BCUT2D eigenvalue weighted by molar-refractivity contribution is 8.77. The highest BCUT2D eigenvalue weighted by Gasteiger charge is 2.43. The third-order valence-electron chi connectivity index (χ3n) is 3.60. The Hall–Kier alpha value is -0.780. The minimum absolute atomic E-state index is 0.104. The van der Waals surface area contributed by atoms with Crippen LogP contribution < -0.4 is 11.2 Å². The molecule has 4 N–H and O–H groups in total. The predicted octanol–water partition coefficient (Wildman–Crippen LogP) is -0.130. The standard InChI is InChI=1S/C15H24N2O6S2/c1-15(2,3)25-24-5-4-8-6-17(14(22)16-12(8)21)13-11(20)10(19)9(7-18)23-13/h6,9-11,13,18-20H,4-5,7H2,1-3H3,(H,16,21,22)/t9-,10-,11-,13-/m1/s1. The van der Waals surface area contributed by atoms with Crippen molar-refractivity contribution in [2.75, 3.05) is 12.4 Å². The van der Waals surface area contributed by atoms with E-state index in [1.807, 2.05) is 0 Å². The van der Waals surface area contributed by atoms with Gasteiger partial charge in [0.05, 0.1) is 6.61 Å². The maximum Gasteiger partial charge on any atom is 0.330 e. The van der Waals surface area contributed by atoms with Crippen molar-refractivity contribution >= 4 is 21.6 Å². The number of H-pyrrole nitrogens is 1. The molecule has 0 saturated carbocycles. The van der Waals surface area contributed by atoms with Crippen molar-refractivity contribution in [3.63, 3.8) is 0 Å². The summed E-state index contributed by atoms with van der Waals surface area (Å²) in [6, 6.07) is 0. The van der Waals surface area contributed by atoms with E-state index in [1.165, 1.54) is 6.20 Å². The highest BCUT2D eigenvalue weighted by atomic mass is 33.1. The number of aliphatic hydroxyl groups excluding tert-OH is 3. The number of ether oxygens (including phenoxy) is 1. The van der Waals surface area contributed by atoms with Gasteiger partial charge in [-0.3, -0.25) is 14.3 Å². The lowest BCUT2D eigenvalue weighted by molar-refractivity contribution is -0.0551. The molecule has 0 amide bonds. The molecule has 2 rings (SSSR count). The number of aryl methyl sites for hydroxylation is 1. The molecule has 142 valence electrons. The maximum absolute atomic E-state index is 12.1. The Balaban J connectivity index is 2.15. The molecular weight excluding hydrogens is 368 g/mol. The third kappa shape index (κ3) is 5.11. The molecule has 0 radical (unpaired) electrons. The number of aromatic nitrogens is 2. The third-order valence-corrected chi connectivity index (χ3v) is 6.94. The van der Waals surface area contributed by atoms with Crippen molar-refractivity contribution in [3.05, 3.63) is 32.6 Å². The lowest BCUT2D eigenvalue weighted by Gasteiger charge is -2.18. The fourth-order valence-electron chi connectivity index (χ4n) is 2.37. The van der Waals surface area contributed by atoms with Gasteiger partial charge in [-0.1, -0.05) is 42.4 Å². The van der Waals surface area contributed by atoms with E-state index in [0.29, 0.717) is 17.7 Å². The number of nitrogens with one attached hydrogen (secondary N) is 1. The minimum atomic E-state index is -1.38. The quantitative estimate of drug-likeness (QED) is 0.390. The van der Waals surface area contributed by atoms with E-state index >= 15 is 0 Å². The van der Waals surface area contributed by atoms with Crippen LogP contribution in [0.2, 0.25) is 0 Å². The number of nitrogens with zero attached hydrogens (tertiary/aromatic N) is 1. The van der Waals surface area contributed by atoms with Crippen LogP contribution in [0.3, 0.4) is 0 Å². The molecule has 0 spiro atoms. The molecule has 8 nitrogen and oxygen atoms in total. The molecule has 1 aliphatic heterocycles. The van der Waals surface area contributed by atoms with Gasteiger partial charge in [0.2, 0.25) is 0 Å². The summed E-state index contributed by atoms with van der Waals surface area (Å²) in [4.78, 5) is 26.2. The van der Waals surface area contributed by atoms with E-state index < -0.39 is 42.4 Å². The van der Waals surface area contributed by atoms with E-state index in [9.17, 15) is 19.8 Å². The molecule has 4 atom stereocenters. The monoisotopic (exact) mass is 392 g/mol. The SMILES string of the molecule is CC(C)(C)SSCCc1cn([C@@H]2O[C@H](CO)[C@@H](O)[C@H]2O)c(=O)[nH]c1=O. The Morgan fingerprint density at radius 1 is 1.28 bits per heavy atom. The van der Waals surface area contributed by atoms with Crippen molar-refractivity contribution in [2.24, 2.45) is 0 Å². The first kappa shape index (κ1) is 20.5. The van der Waals surface area contributed by atoms with Gasteiger partial charge in [-0.15, -0.1) is 0 Å². The topological polar surface area (TPSA) is 125 Å². The van der Waals surface area contributed by atoms with Crippen LogP contribution in [0, 0.1) is 0 Å². The summed E-state index contributed by atoms with van der Waals surface area (Å²) < 4.78 is 6.51. The average Bonchev–Trinajstić information content (AvgIpc) is 2.80. The molecule has 1 fully saturated rings. The Bertz CT molecular complexity index is 698.